The van der Waals surface area contributed by atoms with Crippen molar-refractivity contribution < 1.29 is 9.59 Å². The summed E-state index contributed by atoms with van der Waals surface area (Å²) in [5.74, 6) is -0.483. The molecular weight excluding hydrogens is 320 g/mol. The minimum atomic E-state index is -0.984. The second kappa shape index (κ2) is 6.89. The number of nitrogens with zero attached hydrogens (tertiary/aromatic N) is 1. The number of nitrogens with one attached hydrogen (secondary N) is 2. The van der Waals surface area contributed by atoms with Gasteiger partial charge in [0.1, 0.15) is 5.54 Å². The number of rotatable bonds is 6. The molecule has 2 rings (SSSR count). The minimum absolute atomic E-state index is 0.236. The van der Waals surface area contributed by atoms with Gasteiger partial charge in [-0.3, -0.25) is 9.59 Å². The molecule has 0 saturated carbocycles. The maximum Gasteiger partial charge on any atom is 0.262 e. The Kier molecular flexibility index (Phi) is 5.15. The van der Waals surface area contributed by atoms with E-state index in [9.17, 15) is 9.59 Å². The average molecular weight is 338 g/mol. The van der Waals surface area contributed by atoms with Gasteiger partial charge in [0.2, 0.25) is 5.91 Å². The molecule has 4 N–H and O–H groups in total. The van der Waals surface area contributed by atoms with E-state index in [2.05, 4.69) is 15.6 Å². The minimum Gasteiger partial charge on any atom is -0.375 e. The van der Waals surface area contributed by atoms with Gasteiger partial charge in [0.25, 0.3) is 5.91 Å². The monoisotopic (exact) mass is 338 g/mol. The average Bonchev–Trinajstić information content (AvgIpc) is 3.09. The van der Waals surface area contributed by atoms with Crippen molar-refractivity contribution >= 4 is 39.6 Å². The summed E-state index contributed by atoms with van der Waals surface area (Å²) >= 11 is 2.71. The number of thiazole rings is 1. The van der Waals surface area contributed by atoms with Gasteiger partial charge in [0.05, 0.1) is 10.6 Å². The van der Waals surface area contributed by atoms with Crippen molar-refractivity contribution in [1.82, 2.24) is 15.6 Å². The van der Waals surface area contributed by atoms with Crippen molar-refractivity contribution in [3.05, 3.63) is 33.5 Å². The van der Waals surface area contributed by atoms with Crippen LogP contribution in [-0.2, 0) is 11.2 Å². The molecule has 0 saturated heterocycles. The van der Waals surface area contributed by atoms with Gasteiger partial charge in [-0.25, -0.2) is 4.98 Å². The summed E-state index contributed by atoms with van der Waals surface area (Å²) in [7, 11) is 0. The lowest BCUT2D eigenvalue weighted by molar-refractivity contribution is -0.126. The Labute approximate surface area is 136 Å². The molecule has 0 fully saturated rings. The first-order valence-electron chi connectivity index (χ1n) is 6.72. The van der Waals surface area contributed by atoms with Gasteiger partial charge < -0.3 is 16.4 Å². The van der Waals surface area contributed by atoms with Crippen molar-refractivity contribution in [3.8, 4) is 0 Å². The summed E-state index contributed by atoms with van der Waals surface area (Å²) in [4.78, 5) is 28.9. The first-order valence-corrected chi connectivity index (χ1v) is 8.48. The zero-order valence-corrected chi connectivity index (χ0v) is 14.0. The fraction of sp³-hybridized carbons (Fsp3) is 0.357. The number of aromatic nitrogens is 1. The lowest BCUT2D eigenvalue weighted by Crippen LogP contribution is -2.54. The largest absolute Gasteiger partial charge is 0.375 e. The highest BCUT2D eigenvalue weighted by atomic mass is 32.1. The Morgan fingerprint density at radius 2 is 2.14 bits per heavy atom. The lowest BCUT2D eigenvalue weighted by atomic mass is 10.0. The molecular formula is C14H18N4O2S2. The number of nitrogen functional groups attached to an aromatic ring is 1. The number of hydrogen-bond acceptors (Lipinski definition) is 6. The fourth-order valence-corrected chi connectivity index (χ4v) is 2.99. The van der Waals surface area contributed by atoms with Gasteiger partial charge in [0.15, 0.2) is 5.13 Å². The normalized spacial score (nSPS) is 11.2. The zero-order valence-electron chi connectivity index (χ0n) is 12.4. The highest BCUT2D eigenvalue weighted by Gasteiger charge is 2.29. The molecule has 0 aromatic carbocycles. The molecule has 2 amide bonds. The first-order chi connectivity index (χ1) is 10.4. The third-order valence-electron chi connectivity index (χ3n) is 2.97. The van der Waals surface area contributed by atoms with E-state index >= 15 is 0 Å². The Morgan fingerprint density at radius 3 is 2.73 bits per heavy atom. The van der Waals surface area contributed by atoms with Gasteiger partial charge in [-0.05, 0) is 25.3 Å². The van der Waals surface area contributed by atoms with Crippen molar-refractivity contribution in [2.75, 3.05) is 12.3 Å². The Hall–Kier alpha value is -1.93. The number of anilines is 1. The van der Waals surface area contributed by atoms with Gasteiger partial charge in [0, 0.05) is 18.3 Å². The molecule has 0 spiro atoms. The summed E-state index contributed by atoms with van der Waals surface area (Å²) in [6.45, 7) is 3.80. The predicted molar refractivity (Wildman–Crippen MR) is 89.1 cm³/mol. The van der Waals surface area contributed by atoms with Crippen LogP contribution in [0.25, 0.3) is 0 Å². The molecule has 6 nitrogen and oxygen atoms in total. The molecule has 0 atom stereocenters. The molecule has 2 aromatic rings. The number of nitrogens with two attached hydrogens (primary N) is 1. The molecule has 0 aliphatic heterocycles. The summed E-state index contributed by atoms with van der Waals surface area (Å²) in [5, 5.41) is 9.75. The van der Waals surface area contributed by atoms with Crippen LogP contribution in [-0.4, -0.2) is 28.9 Å². The summed E-state index contributed by atoms with van der Waals surface area (Å²) < 4.78 is 0. The molecule has 0 unspecified atom stereocenters. The molecule has 2 aromatic heterocycles. The standard InChI is InChI=1S/C14H18N4O2S2/c1-14(2,18-11(19)10-4-3-7-21-10)12(20)16-6-5-9-8-22-13(15)17-9/h3-4,7-8H,5-6H2,1-2H3,(H2,15,17)(H,16,20)(H,18,19). The number of amides is 2. The van der Waals surface area contributed by atoms with Crippen molar-refractivity contribution in [3.63, 3.8) is 0 Å². The van der Waals surface area contributed by atoms with Gasteiger partial charge in [-0.1, -0.05) is 6.07 Å². The van der Waals surface area contributed by atoms with E-state index in [0.29, 0.717) is 23.0 Å². The molecule has 118 valence electrons. The van der Waals surface area contributed by atoms with Crippen LogP contribution in [0.2, 0.25) is 0 Å². The SMILES string of the molecule is CC(C)(NC(=O)c1cccs1)C(=O)NCCc1csc(N)n1. The molecule has 2 heterocycles. The van der Waals surface area contributed by atoms with Crippen LogP contribution in [0, 0.1) is 0 Å². The topological polar surface area (TPSA) is 97.1 Å². The number of hydrogen-bond donors (Lipinski definition) is 3. The van der Waals surface area contributed by atoms with Crippen LogP contribution < -0.4 is 16.4 Å². The maximum absolute atomic E-state index is 12.2. The Morgan fingerprint density at radius 1 is 1.36 bits per heavy atom. The smallest absolute Gasteiger partial charge is 0.262 e. The highest BCUT2D eigenvalue weighted by Crippen LogP contribution is 2.12. The van der Waals surface area contributed by atoms with Crippen molar-refractivity contribution in [2.45, 2.75) is 25.8 Å². The van der Waals surface area contributed by atoms with Crippen LogP contribution >= 0.6 is 22.7 Å². The molecule has 22 heavy (non-hydrogen) atoms. The van der Waals surface area contributed by atoms with E-state index < -0.39 is 5.54 Å². The van der Waals surface area contributed by atoms with Gasteiger partial charge in [-0.15, -0.1) is 22.7 Å². The number of carbonyl (C=O) groups is 2. The van der Waals surface area contributed by atoms with E-state index in [-0.39, 0.29) is 11.8 Å². The fourth-order valence-electron chi connectivity index (χ4n) is 1.77. The van der Waals surface area contributed by atoms with Gasteiger partial charge in [-0.2, -0.15) is 0 Å². The quantitative estimate of drug-likeness (QED) is 0.746. The second-order valence-electron chi connectivity index (χ2n) is 5.24. The Balaban J connectivity index is 1.83. The van der Waals surface area contributed by atoms with Crippen LogP contribution in [0.3, 0.4) is 0 Å². The zero-order chi connectivity index (χ0) is 16.2. The van der Waals surface area contributed by atoms with Gasteiger partial charge >= 0.3 is 0 Å². The molecule has 0 radical (unpaired) electrons. The van der Waals surface area contributed by atoms with Crippen LogP contribution in [0.1, 0.15) is 29.2 Å². The molecule has 8 heteroatoms. The summed E-state index contributed by atoms with van der Waals surface area (Å²) in [6, 6.07) is 3.52. The predicted octanol–water partition coefficient (Wildman–Crippen LogP) is 1.65. The highest BCUT2D eigenvalue weighted by molar-refractivity contribution is 7.13. The van der Waals surface area contributed by atoms with Crippen molar-refractivity contribution in [2.24, 2.45) is 0 Å². The van der Waals surface area contributed by atoms with Crippen molar-refractivity contribution in [1.29, 1.82) is 0 Å². The third kappa shape index (κ3) is 4.28. The molecule has 0 aliphatic rings. The first kappa shape index (κ1) is 16.4. The number of thiophene rings is 1. The second-order valence-corrected chi connectivity index (χ2v) is 7.08. The maximum atomic E-state index is 12.2. The molecule has 0 aliphatic carbocycles. The molecule has 0 bridgehead atoms. The summed E-state index contributed by atoms with van der Waals surface area (Å²) in [6.07, 6.45) is 0.606. The summed E-state index contributed by atoms with van der Waals surface area (Å²) in [5.41, 5.74) is 5.42. The van der Waals surface area contributed by atoms with Crippen LogP contribution in [0.15, 0.2) is 22.9 Å². The van der Waals surface area contributed by atoms with E-state index in [1.165, 1.54) is 22.7 Å². The lowest BCUT2D eigenvalue weighted by Gasteiger charge is -2.24. The van der Waals surface area contributed by atoms with E-state index in [0.717, 1.165) is 5.69 Å². The van der Waals surface area contributed by atoms with Crippen LogP contribution in [0.4, 0.5) is 5.13 Å². The number of carbonyl (C=O) groups excluding carboxylic acids is 2. The van der Waals surface area contributed by atoms with E-state index in [1.54, 1.807) is 26.0 Å². The Bertz CT molecular complexity index is 650. The van der Waals surface area contributed by atoms with E-state index in [1.807, 2.05) is 10.8 Å². The van der Waals surface area contributed by atoms with Crippen LogP contribution in [0.5, 0.6) is 0 Å². The third-order valence-corrected chi connectivity index (χ3v) is 4.57. The van der Waals surface area contributed by atoms with E-state index in [4.69, 9.17) is 5.73 Å².